The van der Waals surface area contributed by atoms with Crippen molar-refractivity contribution in [1.82, 2.24) is 0 Å². The highest BCUT2D eigenvalue weighted by atomic mass is 16.4. The third kappa shape index (κ3) is 3.75. The number of fused-ring (bicyclic) bond motifs is 1. The molecular weight excluding hydrogens is 290 g/mol. The van der Waals surface area contributed by atoms with Gasteiger partial charge in [0.1, 0.15) is 17.9 Å². The van der Waals surface area contributed by atoms with Gasteiger partial charge in [-0.3, -0.25) is 0 Å². The highest BCUT2D eigenvalue weighted by molar-refractivity contribution is 5.82. The van der Waals surface area contributed by atoms with E-state index in [1.165, 1.54) is 45.2 Å². The molecular formula is C19H26NO3+. The Hall–Kier alpha value is -1.81. The average Bonchev–Trinajstić information content (AvgIpc) is 2.49. The Kier molecular flexibility index (Phi) is 5.01. The van der Waals surface area contributed by atoms with Crippen molar-refractivity contribution in [2.75, 3.05) is 13.1 Å². The van der Waals surface area contributed by atoms with Crippen LogP contribution in [-0.4, -0.2) is 18.2 Å². The molecule has 1 saturated heterocycles. The molecule has 0 amide bonds. The van der Waals surface area contributed by atoms with Gasteiger partial charge >= 0.3 is 5.63 Å². The first kappa shape index (κ1) is 16.1. The third-order valence-electron chi connectivity index (χ3n) is 4.91. The number of phenols is 1. The summed E-state index contributed by atoms with van der Waals surface area (Å²) < 4.78 is 5.29. The molecule has 2 heterocycles. The molecule has 0 saturated carbocycles. The molecule has 3 rings (SSSR count). The maximum absolute atomic E-state index is 11.9. The molecule has 23 heavy (non-hydrogen) atoms. The largest absolute Gasteiger partial charge is 0.508 e. The van der Waals surface area contributed by atoms with Crippen LogP contribution in [-0.2, 0) is 13.0 Å². The normalized spacial score (nSPS) is 17.1. The summed E-state index contributed by atoms with van der Waals surface area (Å²) in [5.41, 5.74) is 2.10. The summed E-state index contributed by atoms with van der Waals surface area (Å²) in [4.78, 5) is 13.4. The summed E-state index contributed by atoms with van der Waals surface area (Å²) in [5.74, 6) is 0.207. The first-order valence-corrected chi connectivity index (χ1v) is 8.79. The molecule has 4 heteroatoms. The highest BCUT2D eigenvalue weighted by Gasteiger charge is 2.16. The first-order valence-electron chi connectivity index (χ1n) is 8.79. The van der Waals surface area contributed by atoms with E-state index >= 15 is 0 Å². The second kappa shape index (κ2) is 7.18. The summed E-state index contributed by atoms with van der Waals surface area (Å²) in [6.45, 7) is 5.21. The van der Waals surface area contributed by atoms with Gasteiger partial charge in [0.2, 0.25) is 0 Å². The first-order chi connectivity index (χ1) is 11.2. The van der Waals surface area contributed by atoms with Gasteiger partial charge in [0.25, 0.3) is 0 Å². The van der Waals surface area contributed by atoms with Crippen LogP contribution in [0.2, 0.25) is 0 Å². The minimum atomic E-state index is -0.331. The molecule has 124 valence electrons. The van der Waals surface area contributed by atoms with E-state index in [1.54, 1.807) is 17.0 Å². The quantitative estimate of drug-likeness (QED) is 0.855. The molecule has 1 aliphatic heterocycles. The molecule has 2 aromatic rings. The zero-order valence-corrected chi connectivity index (χ0v) is 13.9. The van der Waals surface area contributed by atoms with Gasteiger partial charge in [0.15, 0.2) is 0 Å². The Morgan fingerprint density at radius 3 is 2.43 bits per heavy atom. The van der Waals surface area contributed by atoms with Crippen molar-refractivity contribution in [1.29, 1.82) is 0 Å². The van der Waals surface area contributed by atoms with E-state index < -0.39 is 0 Å². The van der Waals surface area contributed by atoms with Gasteiger partial charge < -0.3 is 14.4 Å². The molecule has 0 radical (unpaired) electrons. The molecule has 1 aromatic carbocycles. The van der Waals surface area contributed by atoms with Gasteiger partial charge in [-0.2, -0.15) is 0 Å². The monoisotopic (exact) mass is 316 g/mol. The van der Waals surface area contributed by atoms with Crippen LogP contribution in [0.15, 0.2) is 27.4 Å². The number of rotatable bonds is 3. The van der Waals surface area contributed by atoms with Crippen molar-refractivity contribution < 1.29 is 14.4 Å². The fourth-order valence-electron chi connectivity index (χ4n) is 3.59. The smallest absolute Gasteiger partial charge is 0.336 e. The van der Waals surface area contributed by atoms with Crippen LogP contribution in [0.3, 0.4) is 0 Å². The summed E-state index contributed by atoms with van der Waals surface area (Å²) in [5, 5.41) is 11.0. The van der Waals surface area contributed by atoms with E-state index in [0.717, 1.165) is 29.5 Å². The number of nitrogens with one attached hydrogen (secondary N) is 1. The molecule has 1 fully saturated rings. The molecule has 2 N–H and O–H groups in total. The number of hydrogen-bond acceptors (Lipinski definition) is 3. The maximum Gasteiger partial charge on any atom is 0.336 e. The molecule has 1 aromatic heterocycles. The summed E-state index contributed by atoms with van der Waals surface area (Å²) >= 11 is 0. The second-order valence-electron chi connectivity index (χ2n) is 6.62. The van der Waals surface area contributed by atoms with E-state index in [9.17, 15) is 9.90 Å². The lowest BCUT2D eigenvalue weighted by atomic mass is 10.0. The van der Waals surface area contributed by atoms with Crippen LogP contribution in [0.5, 0.6) is 5.75 Å². The maximum atomic E-state index is 11.9. The number of phenolic OH excluding ortho intramolecular Hbond substituents is 1. The Bertz CT molecular complexity index is 727. The predicted molar refractivity (Wildman–Crippen MR) is 91.0 cm³/mol. The number of aromatic hydroxyl groups is 1. The summed E-state index contributed by atoms with van der Waals surface area (Å²) in [6.07, 6.45) is 7.26. The van der Waals surface area contributed by atoms with Gasteiger partial charge in [0.05, 0.1) is 13.1 Å². The summed E-state index contributed by atoms with van der Waals surface area (Å²) in [7, 11) is 0. The zero-order valence-electron chi connectivity index (χ0n) is 13.9. The van der Waals surface area contributed by atoms with Crippen molar-refractivity contribution in [2.24, 2.45) is 0 Å². The van der Waals surface area contributed by atoms with Gasteiger partial charge in [-0.05, 0) is 43.7 Å². The molecule has 4 nitrogen and oxygen atoms in total. The third-order valence-corrected chi connectivity index (χ3v) is 4.91. The molecule has 0 spiro atoms. The standard InChI is InChI=1S/C19H25NO3/c1-2-14-10-16-15(11-19(22)23-18(16)12-17(14)21)13-20-8-6-4-3-5-7-9-20/h10-12,21H,2-9,13H2,1H3/p+1. The molecule has 1 aliphatic rings. The van der Waals surface area contributed by atoms with Crippen molar-refractivity contribution in [3.63, 3.8) is 0 Å². The number of quaternary nitrogens is 1. The topological polar surface area (TPSA) is 54.9 Å². The van der Waals surface area contributed by atoms with Gasteiger partial charge in [-0.15, -0.1) is 0 Å². The van der Waals surface area contributed by atoms with Crippen molar-refractivity contribution in [3.8, 4) is 5.75 Å². The molecule has 0 bridgehead atoms. The van der Waals surface area contributed by atoms with E-state index in [2.05, 4.69) is 0 Å². The van der Waals surface area contributed by atoms with Gasteiger partial charge in [-0.1, -0.05) is 13.3 Å². The Balaban J connectivity index is 1.96. The van der Waals surface area contributed by atoms with Crippen LogP contribution < -0.4 is 10.5 Å². The van der Waals surface area contributed by atoms with Crippen LogP contribution in [0.1, 0.15) is 50.2 Å². The van der Waals surface area contributed by atoms with E-state index in [4.69, 9.17) is 4.42 Å². The average molecular weight is 316 g/mol. The van der Waals surface area contributed by atoms with Crippen molar-refractivity contribution in [3.05, 3.63) is 39.7 Å². The molecule has 0 aliphatic carbocycles. The lowest BCUT2D eigenvalue weighted by Gasteiger charge is -2.22. The predicted octanol–water partition coefficient (Wildman–Crippen LogP) is 2.41. The summed E-state index contributed by atoms with van der Waals surface area (Å²) in [6, 6.07) is 5.19. The van der Waals surface area contributed by atoms with E-state index in [1.807, 2.05) is 13.0 Å². The number of benzene rings is 1. The fraction of sp³-hybridized carbons (Fsp3) is 0.526. The number of aryl methyl sites for hydroxylation is 1. The second-order valence-corrected chi connectivity index (χ2v) is 6.62. The van der Waals surface area contributed by atoms with Crippen LogP contribution in [0.25, 0.3) is 11.0 Å². The lowest BCUT2D eigenvalue weighted by Crippen LogP contribution is -3.10. The van der Waals surface area contributed by atoms with Crippen LogP contribution in [0, 0.1) is 0 Å². The minimum Gasteiger partial charge on any atom is -0.508 e. The minimum absolute atomic E-state index is 0.207. The van der Waals surface area contributed by atoms with Gasteiger partial charge in [-0.25, -0.2) is 4.79 Å². The van der Waals surface area contributed by atoms with Crippen molar-refractivity contribution >= 4 is 11.0 Å². The fourth-order valence-corrected chi connectivity index (χ4v) is 3.59. The van der Waals surface area contributed by atoms with E-state index in [0.29, 0.717) is 5.58 Å². The molecule has 0 unspecified atom stereocenters. The van der Waals surface area contributed by atoms with Gasteiger partial charge in [0, 0.05) is 23.1 Å². The van der Waals surface area contributed by atoms with Crippen LogP contribution in [0.4, 0.5) is 0 Å². The number of hydrogen-bond donors (Lipinski definition) is 2. The number of likely N-dealkylation sites (tertiary alicyclic amines) is 1. The van der Waals surface area contributed by atoms with E-state index in [-0.39, 0.29) is 11.4 Å². The zero-order chi connectivity index (χ0) is 16.2. The molecule has 0 atom stereocenters. The van der Waals surface area contributed by atoms with Crippen molar-refractivity contribution in [2.45, 2.75) is 52.0 Å². The Morgan fingerprint density at radius 2 is 1.74 bits per heavy atom. The Labute approximate surface area is 136 Å². The highest BCUT2D eigenvalue weighted by Crippen LogP contribution is 2.26. The lowest BCUT2D eigenvalue weighted by molar-refractivity contribution is -0.914. The van der Waals surface area contributed by atoms with Crippen LogP contribution >= 0.6 is 0 Å². The SMILES string of the molecule is CCc1cc2c(C[NH+]3CCCCCCC3)cc(=O)oc2cc1O. The Morgan fingerprint density at radius 1 is 1.04 bits per heavy atom.